The molecule has 0 saturated heterocycles. The molecule has 1 fully saturated rings. The Labute approximate surface area is 229 Å². The van der Waals surface area contributed by atoms with E-state index in [2.05, 4.69) is 10.6 Å². The fraction of sp³-hybridized carbons (Fsp3) is 0.172. The lowest BCUT2D eigenvalue weighted by atomic mass is 9.92. The van der Waals surface area contributed by atoms with E-state index >= 15 is 4.39 Å². The van der Waals surface area contributed by atoms with E-state index in [-0.39, 0.29) is 23.9 Å². The van der Waals surface area contributed by atoms with Gasteiger partial charge in [0, 0.05) is 39.6 Å². The van der Waals surface area contributed by atoms with Crippen molar-refractivity contribution in [1.29, 1.82) is 5.41 Å². The summed E-state index contributed by atoms with van der Waals surface area (Å²) in [5, 5.41) is 32.1. The lowest BCUT2D eigenvalue weighted by Gasteiger charge is -2.23. The number of benzene rings is 3. The summed E-state index contributed by atoms with van der Waals surface area (Å²) in [6.45, 7) is 0. The van der Waals surface area contributed by atoms with Crippen molar-refractivity contribution in [3.63, 3.8) is 0 Å². The van der Waals surface area contributed by atoms with Crippen LogP contribution in [0.5, 0.6) is 0 Å². The van der Waals surface area contributed by atoms with Gasteiger partial charge < -0.3 is 21.1 Å². The number of allylic oxidation sites excluding steroid dienone is 1. The van der Waals surface area contributed by atoms with Crippen LogP contribution in [0.25, 0.3) is 16.8 Å². The topological polar surface area (TPSA) is 111 Å². The number of carboxylic acid groups (broad SMARTS) is 1. The van der Waals surface area contributed by atoms with Crippen LogP contribution in [-0.2, 0) is 11.2 Å². The molecule has 1 aliphatic carbocycles. The number of hydrogen-bond acceptors (Lipinski definition) is 7. The number of nitrogens with two attached hydrogens (primary N) is 1. The van der Waals surface area contributed by atoms with E-state index in [0.717, 1.165) is 41.5 Å². The second kappa shape index (κ2) is 11.5. The van der Waals surface area contributed by atoms with Crippen molar-refractivity contribution < 1.29 is 14.3 Å². The van der Waals surface area contributed by atoms with E-state index in [1.165, 1.54) is 17.8 Å². The largest absolute Gasteiger partial charge is 0.477 e. The molecule has 3 aromatic carbocycles. The molecule has 38 heavy (non-hydrogen) atoms. The molecule has 1 atom stereocenters. The molecule has 5 rings (SSSR count). The lowest BCUT2D eigenvalue weighted by Crippen LogP contribution is -2.37. The Bertz CT molecular complexity index is 1440. The normalized spacial score (nSPS) is 17.3. The van der Waals surface area contributed by atoms with Gasteiger partial charge in [0.25, 0.3) is 0 Å². The van der Waals surface area contributed by atoms with Crippen molar-refractivity contribution in [3.05, 3.63) is 106 Å². The number of nitrogens with one attached hydrogen (secondary N) is 3. The molecule has 1 unspecified atom stereocenters. The van der Waals surface area contributed by atoms with Gasteiger partial charge in [0.05, 0.1) is 0 Å². The van der Waals surface area contributed by atoms with Gasteiger partial charge in [-0.05, 0) is 65.2 Å². The monoisotopic (exact) mass is 546 g/mol. The van der Waals surface area contributed by atoms with Crippen molar-refractivity contribution in [3.8, 4) is 11.1 Å². The molecule has 0 bridgehead atoms. The van der Waals surface area contributed by atoms with Gasteiger partial charge in [-0.15, -0.1) is 0 Å². The maximum atomic E-state index is 15.1. The number of carbonyl (C=O) groups is 1. The first-order valence-corrected chi connectivity index (χ1v) is 14.0. The van der Waals surface area contributed by atoms with Gasteiger partial charge in [-0.25, -0.2) is 9.18 Å². The van der Waals surface area contributed by atoms with E-state index in [1.807, 2.05) is 54.6 Å². The minimum absolute atomic E-state index is 0.102. The Morgan fingerprint density at radius 3 is 2.53 bits per heavy atom. The summed E-state index contributed by atoms with van der Waals surface area (Å²) >= 11 is 2.30. The predicted octanol–water partition coefficient (Wildman–Crippen LogP) is 5.98. The van der Waals surface area contributed by atoms with Gasteiger partial charge in [-0.3, -0.25) is 5.14 Å². The molecule has 0 spiro atoms. The molecule has 3 aromatic rings. The van der Waals surface area contributed by atoms with Crippen molar-refractivity contribution in [2.24, 2.45) is 11.1 Å². The van der Waals surface area contributed by atoms with E-state index < -0.39 is 11.5 Å². The van der Waals surface area contributed by atoms with Crippen LogP contribution in [0, 0.1) is 17.1 Å². The number of hydrogen-bond donors (Lipinski definition) is 5. The molecule has 2 aliphatic rings. The summed E-state index contributed by atoms with van der Waals surface area (Å²) in [5.41, 5.74) is 4.86. The number of rotatable bonds is 10. The van der Waals surface area contributed by atoms with Gasteiger partial charge in [-0.2, -0.15) is 0 Å². The van der Waals surface area contributed by atoms with Gasteiger partial charge in [0.1, 0.15) is 17.0 Å². The van der Waals surface area contributed by atoms with Gasteiger partial charge >= 0.3 is 5.97 Å². The Hall–Kier alpha value is -3.53. The van der Waals surface area contributed by atoms with E-state index in [1.54, 1.807) is 17.5 Å². The molecule has 1 saturated carbocycles. The Morgan fingerprint density at radius 1 is 1.11 bits per heavy atom. The quantitative estimate of drug-likeness (QED) is 0.157. The van der Waals surface area contributed by atoms with Crippen LogP contribution >= 0.6 is 23.7 Å². The van der Waals surface area contributed by atoms with Crippen molar-refractivity contribution >= 4 is 41.1 Å². The number of aliphatic carboxylic acids is 1. The first-order valence-electron chi connectivity index (χ1n) is 12.2. The van der Waals surface area contributed by atoms with Gasteiger partial charge in [0.15, 0.2) is 0 Å². The van der Waals surface area contributed by atoms with Crippen LogP contribution in [0.15, 0.2) is 94.4 Å². The smallest absolute Gasteiger partial charge is 0.352 e. The third-order valence-corrected chi connectivity index (χ3v) is 7.92. The Kier molecular flexibility index (Phi) is 7.87. The molecule has 0 aromatic heterocycles. The summed E-state index contributed by atoms with van der Waals surface area (Å²) in [6, 6.07) is 22.9. The van der Waals surface area contributed by atoms with Crippen LogP contribution in [-0.4, -0.2) is 22.3 Å². The highest BCUT2D eigenvalue weighted by atomic mass is 32.2. The van der Waals surface area contributed by atoms with Crippen LogP contribution in [0.1, 0.15) is 24.0 Å². The van der Waals surface area contributed by atoms with Crippen LogP contribution in [0.3, 0.4) is 0 Å². The second-order valence-electron chi connectivity index (χ2n) is 9.18. The predicted molar refractivity (Wildman–Crippen MR) is 153 cm³/mol. The molecule has 1 aliphatic heterocycles. The van der Waals surface area contributed by atoms with Crippen molar-refractivity contribution in [1.82, 2.24) is 10.6 Å². The van der Waals surface area contributed by atoms with Crippen molar-refractivity contribution in [2.45, 2.75) is 29.7 Å². The average Bonchev–Trinajstić information content (AvgIpc) is 3.69. The zero-order valence-corrected chi connectivity index (χ0v) is 22.0. The molecule has 0 amide bonds. The number of halogens is 1. The number of thioether (sulfide) groups is 1. The van der Waals surface area contributed by atoms with Gasteiger partial charge in [-0.1, -0.05) is 66.4 Å². The maximum absolute atomic E-state index is 15.1. The molecule has 6 nitrogen and oxygen atoms in total. The lowest BCUT2D eigenvalue weighted by molar-refractivity contribution is -0.133. The molecule has 0 radical (unpaired) electrons. The highest BCUT2D eigenvalue weighted by Crippen LogP contribution is 2.37. The molecule has 1 heterocycles. The number of carboxylic acids is 1. The standard InChI is InChI=1S/C29H27FN4O2S2/c30-24-15-22(38-32)12-11-20(24)14-23(26(31)18-9-10-18)27(34-29-33-25(16-37-29)28(35)36)21-8-4-7-19(13-21)17-5-2-1-3-6-17/h1-8,11-13,15-16,18,29,31,33-34H,9-10,14,32H2,(H,35,36)/b27-23-,31-26?. The van der Waals surface area contributed by atoms with E-state index in [0.29, 0.717) is 27.4 Å². The molecule has 9 heteroatoms. The van der Waals surface area contributed by atoms with Crippen molar-refractivity contribution in [2.75, 3.05) is 0 Å². The molecule has 194 valence electrons. The van der Waals surface area contributed by atoms with Crippen LogP contribution in [0.4, 0.5) is 4.39 Å². The minimum Gasteiger partial charge on any atom is -0.477 e. The zero-order chi connectivity index (χ0) is 26.6. The minimum atomic E-state index is -1.04. The fourth-order valence-electron chi connectivity index (χ4n) is 4.36. The van der Waals surface area contributed by atoms with Crippen LogP contribution < -0.4 is 15.8 Å². The Balaban J connectivity index is 1.60. The first-order chi connectivity index (χ1) is 18.4. The van der Waals surface area contributed by atoms with E-state index in [9.17, 15) is 9.90 Å². The summed E-state index contributed by atoms with van der Waals surface area (Å²) in [6.07, 6.45) is 2.06. The highest BCUT2D eigenvalue weighted by Gasteiger charge is 2.32. The summed E-state index contributed by atoms with van der Waals surface area (Å²) in [7, 11) is 0. The van der Waals surface area contributed by atoms with Crippen LogP contribution in [0.2, 0.25) is 0 Å². The highest BCUT2D eigenvalue weighted by molar-refractivity contribution is 8.03. The molecular formula is C29H27FN4O2S2. The third kappa shape index (κ3) is 5.96. The van der Waals surface area contributed by atoms with E-state index in [4.69, 9.17) is 10.5 Å². The SMILES string of the molecule is N=C(/C(Cc1ccc(SN)cc1F)=C(\NC1NC(C(=O)O)=CS1)c1cccc(-c2ccccc2)c1)C1CC1. The zero-order valence-electron chi connectivity index (χ0n) is 20.4. The molecule has 6 N–H and O–H groups in total. The summed E-state index contributed by atoms with van der Waals surface area (Å²) < 4.78 is 15.1. The Morgan fingerprint density at radius 2 is 1.87 bits per heavy atom. The summed E-state index contributed by atoms with van der Waals surface area (Å²) in [4.78, 5) is 12.1. The summed E-state index contributed by atoms with van der Waals surface area (Å²) in [5.74, 6) is -1.29. The maximum Gasteiger partial charge on any atom is 0.352 e. The average molecular weight is 547 g/mol. The fourth-order valence-corrected chi connectivity index (χ4v) is 5.50. The second-order valence-corrected chi connectivity index (χ2v) is 10.9. The van der Waals surface area contributed by atoms with Gasteiger partial charge in [0.2, 0.25) is 0 Å². The third-order valence-electron chi connectivity index (χ3n) is 6.51. The first kappa shape index (κ1) is 26.1. The molecular weight excluding hydrogens is 519 g/mol.